The maximum atomic E-state index is 2.50. The Labute approximate surface area is 168 Å². The predicted molar refractivity (Wildman–Crippen MR) is 121 cm³/mol. The van der Waals surface area contributed by atoms with E-state index in [-0.39, 0.29) is 16.2 Å². The van der Waals surface area contributed by atoms with Gasteiger partial charge in [0.1, 0.15) is 0 Å². The van der Waals surface area contributed by atoms with Gasteiger partial charge in [0.2, 0.25) is 0 Å². The van der Waals surface area contributed by atoms with Crippen LogP contribution in [0.1, 0.15) is 96.6 Å². The Morgan fingerprint density at radius 3 is 1.70 bits per heavy atom. The zero-order valence-electron chi connectivity index (χ0n) is 19.2. The van der Waals surface area contributed by atoms with Crippen molar-refractivity contribution in [2.45, 2.75) is 97.8 Å². The van der Waals surface area contributed by atoms with Crippen molar-refractivity contribution in [3.63, 3.8) is 0 Å². The molecule has 0 heterocycles. The third-order valence-electron chi connectivity index (χ3n) is 5.40. The van der Waals surface area contributed by atoms with Crippen molar-refractivity contribution in [3.05, 3.63) is 70.3 Å². The Morgan fingerprint density at radius 2 is 1.22 bits per heavy atom. The van der Waals surface area contributed by atoms with Crippen molar-refractivity contribution in [2.75, 3.05) is 0 Å². The zero-order chi connectivity index (χ0) is 20.5. The van der Waals surface area contributed by atoms with Crippen LogP contribution < -0.4 is 0 Å². The first-order chi connectivity index (χ1) is 12.3. The third kappa shape index (κ3) is 5.71. The minimum absolute atomic E-state index is 0.151. The highest BCUT2D eigenvalue weighted by Gasteiger charge is 2.30. The lowest BCUT2D eigenvalue weighted by Gasteiger charge is -2.35. The molecule has 0 spiro atoms. The van der Waals surface area contributed by atoms with Gasteiger partial charge in [-0.1, -0.05) is 105 Å². The molecule has 0 saturated carbocycles. The topological polar surface area (TPSA) is 0 Å². The van der Waals surface area contributed by atoms with Gasteiger partial charge in [-0.25, -0.2) is 0 Å². The average molecular weight is 365 g/mol. The summed E-state index contributed by atoms with van der Waals surface area (Å²) in [5.74, 6) is 0. The molecular formula is C27H40. The lowest BCUT2D eigenvalue weighted by molar-refractivity contribution is 0.516. The fourth-order valence-corrected chi connectivity index (χ4v) is 3.94. The lowest BCUT2D eigenvalue weighted by Crippen LogP contribution is -2.26. The molecule has 0 nitrogen and oxygen atoms in total. The number of hydrogen-bond acceptors (Lipinski definition) is 0. The van der Waals surface area contributed by atoms with E-state index in [9.17, 15) is 0 Å². The van der Waals surface area contributed by atoms with Crippen LogP contribution in [0, 0.1) is 0 Å². The van der Waals surface area contributed by atoms with E-state index in [4.69, 9.17) is 0 Å². The van der Waals surface area contributed by atoms with Crippen LogP contribution in [0.2, 0.25) is 0 Å². The Balaban J connectivity index is 2.48. The van der Waals surface area contributed by atoms with Gasteiger partial charge in [-0.2, -0.15) is 0 Å². The Hall–Kier alpha value is -1.56. The van der Waals surface area contributed by atoms with Crippen molar-refractivity contribution >= 4 is 0 Å². The maximum Gasteiger partial charge on any atom is -0.0126 e. The zero-order valence-corrected chi connectivity index (χ0v) is 19.2. The molecule has 2 aromatic carbocycles. The summed E-state index contributed by atoms with van der Waals surface area (Å²) in [6, 6.07) is 15.9. The summed E-state index contributed by atoms with van der Waals surface area (Å²) < 4.78 is 0. The summed E-state index contributed by atoms with van der Waals surface area (Å²) in [5, 5.41) is 0. The van der Waals surface area contributed by atoms with Gasteiger partial charge < -0.3 is 0 Å². The highest BCUT2D eigenvalue weighted by atomic mass is 14.3. The van der Waals surface area contributed by atoms with Crippen LogP contribution in [0.25, 0.3) is 0 Å². The largest absolute Gasteiger partial charge is 0.0622 e. The second-order valence-corrected chi connectivity index (χ2v) is 11.1. The first-order valence-corrected chi connectivity index (χ1v) is 10.5. The Morgan fingerprint density at radius 1 is 0.630 bits per heavy atom. The first-order valence-electron chi connectivity index (χ1n) is 10.5. The van der Waals surface area contributed by atoms with Gasteiger partial charge in [-0.05, 0) is 63.3 Å². The van der Waals surface area contributed by atoms with E-state index in [1.54, 1.807) is 11.1 Å². The Bertz CT molecular complexity index is 744. The van der Waals surface area contributed by atoms with Crippen LogP contribution in [-0.4, -0.2) is 0 Å². The highest BCUT2D eigenvalue weighted by molar-refractivity contribution is 5.48. The molecule has 148 valence electrons. The van der Waals surface area contributed by atoms with Gasteiger partial charge in [0.15, 0.2) is 0 Å². The van der Waals surface area contributed by atoms with E-state index >= 15 is 0 Å². The molecule has 0 aliphatic carbocycles. The predicted octanol–water partition coefficient (Wildman–Crippen LogP) is 7.75. The molecule has 2 aromatic rings. The molecule has 2 rings (SSSR count). The Kier molecular flexibility index (Phi) is 6.30. The van der Waals surface area contributed by atoms with E-state index in [2.05, 4.69) is 105 Å². The smallest absolute Gasteiger partial charge is 0.0126 e. The molecule has 0 radical (unpaired) electrons. The molecule has 27 heavy (non-hydrogen) atoms. The first kappa shape index (κ1) is 21.7. The normalized spacial score (nSPS) is 13.1. The molecule has 0 aliphatic rings. The molecule has 0 unspecified atom stereocenters. The van der Waals surface area contributed by atoms with Crippen LogP contribution in [-0.2, 0) is 29.1 Å². The van der Waals surface area contributed by atoms with Gasteiger partial charge in [-0.15, -0.1) is 0 Å². The summed E-state index contributed by atoms with van der Waals surface area (Å²) in [5.41, 5.74) is 8.03. The molecule has 0 heteroatoms. The van der Waals surface area contributed by atoms with Crippen molar-refractivity contribution < 1.29 is 0 Å². The highest BCUT2D eigenvalue weighted by Crippen LogP contribution is 2.40. The van der Waals surface area contributed by atoms with Crippen LogP contribution >= 0.6 is 0 Å². The molecule has 0 saturated heterocycles. The van der Waals surface area contributed by atoms with Crippen molar-refractivity contribution in [1.29, 1.82) is 0 Å². The summed E-state index contributed by atoms with van der Waals surface area (Å²) in [7, 11) is 0. The van der Waals surface area contributed by atoms with Gasteiger partial charge in [0.25, 0.3) is 0 Å². The standard InChI is InChI=1S/C27H40/c1-25(2,3)22-18-21(17-13-16-20-14-11-10-12-15-20)24(27(7,8)9)23(19-22)26(4,5)6/h10-12,14-15,18-19H,13,16-17H2,1-9H3. The van der Waals surface area contributed by atoms with Crippen LogP contribution in [0.3, 0.4) is 0 Å². The van der Waals surface area contributed by atoms with E-state index in [1.807, 2.05) is 0 Å². The van der Waals surface area contributed by atoms with Crippen LogP contribution in [0.5, 0.6) is 0 Å². The summed E-state index contributed by atoms with van der Waals surface area (Å²) >= 11 is 0. The number of hydrogen-bond donors (Lipinski definition) is 0. The van der Waals surface area contributed by atoms with Crippen LogP contribution in [0.4, 0.5) is 0 Å². The molecule has 0 fully saturated rings. The molecule has 0 bridgehead atoms. The maximum absolute atomic E-state index is 2.50. The average Bonchev–Trinajstić information content (AvgIpc) is 2.52. The van der Waals surface area contributed by atoms with E-state index in [1.165, 1.54) is 23.1 Å². The quantitative estimate of drug-likeness (QED) is 0.520. The van der Waals surface area contributed by atoms with Crippen molar-refractivity contribution in [2.24, 2.45) is 0 Å². The summed E-state index contributed by atoms with van der Waals surface area (Å²) in [6.07, 6.45) is 3.49. The monoisotopic (exact) mass is 364 g/mol. The minimum atomic E-state index is 0.151. The van der Waals surface area contributed by atoms with Gasteiger partial charge in [0, 0.05) is 0 Å². The lowest BCUT2D eigenvalue weighted by atomic mass is 9.70. The molecule has 0 atom stereocenters. The second kappa shape index (κ2) is 7.82. The molecule has 0 aromatic heterocycles. The summed E-state index contributed by atoms with van der Waals surface area (Å²) in [6.45, 7) is 21.2. The van der Waals surface area contributed by atoms with E-state index < -0.39 is 0 Å². The number of benzene rings is 2. The van der Waals surface area contributed by atoms with Gasteiger partial charge in [0.05, 0.1) is 0 Å². The second-order valence-electron chi connectivity index (χ2n) is 11.1. The van der Waals surface area contributed by atoms with Crippen molar-refractivity contribution in [3.8, 4) is 0 Å². The van der Waals surface area contributed by atoms with E-state index in [0.717, 1.165) is 12.8 Å². The number of rotatable bonds is 4. The molecule has 0 aliphatic heterocycles. The van der Waals surface area contributed by atoms with E-state index in [0.29, 0.717) is 0 Å². The van der Waals surface area contributed by atoms with Gasteiger partial charge >= 0.3 is 0 Å². The molecule has 0 amide bonds. The molecule has 0 N–H and O–H groups in total. The molecular weight excluding hydrogens is 324 g/mol. The minimum Gasteiger partial charge on any atom is -0.0622 e. The fraction of sp³-hybridized carbons (Fsp3) is 0.556. The summed E-state index contributed by atoms with van der Waals surface area (Å²) in [4.78, 5) is 0. The fourth-order valence-electron chi connectivity index (χ4n) is 3.94. The number of aryl methyl sites for hydroxylation is 2. The van der Waals surface area contributed by atoms with Gasteiger partial charge in [-0.3, -0.25) is 0 Å². The third-order valence-corrected chi connectivity index (χ3v) is 5.40. The SMILES string of the molecule is CC(C)(C)c1cc(CCCc2ccccc2)c(C(C)(C)C)c(C(C)(C)C)c1. The van der Waals surface area contributed by atoms with Crippen molar-refractivity contribution in [1.82, 2.24) is 0 Å². The van der Waals surface area contributed by atoms with Crippen LogP contribution in [0.15, 0.2) is 42.5 Å².